The third kappa shape index (κ3) is 1.64. The lowest BCUT2D eigenvalue weighted by Gasteiger charge is -2.21. The van der Waals surface area contributed by atoms with Crippen molar-refractivity contribution < 1.29 is 4.79 Å². The van der Waals surface area contributed by atoms with Crippen LogP contribution in [0.4, 0.5) is 5.69 Å². The Balaban J connectivity index is 1.88. The van der Waals surface area contributed by atoms with Crippen LogP contribution in [0.25, 0.3) is 0 Å². The molecule has 2 nitrogen and oxygen atoms in total. The van der Waals surface area contributed by atoms with Crippen LogP contribution in [0.15, 0.2) is 24.3 Å². The van der Waals surface area contributed by atoms with Crippen molar-refractivity contribution in [3.8, 4) is 0 Å². The maximum atomic E-state index is 12.8. The van der Waals surface area contributed by atoms with Gasteiger partial charge in [-0.25, -0.2) is 0 Å². The summed E-state index contributed by atoms with van der Waals surface area (Å²) < 4.78 is 0. The highest BCUT2D eigenvalue weighted by Crippen LogP contribution is 2.48. The Kier molecular flexibility index (Phi) is 2.60. The standard InChI is InChI=1S/C20H21NO/c1-11-5-15-9-20(10-16(15)6-12(11)2)17-7-13(3)14(4)8-18(17)21-19(20)22/h5-8H,9-10H2,1-4H3,(H,21,22). The number of carbonyl (C=O) groups is 1. The summed E-state index contributed by atoms with van der Waals surface area (Å²) in [7, 11) is 0. The Bertz CT molecular complexity index is 801. The molecule has 0 bridgehead atoms. The number of aryl methyl sites for hydroxylation is 4. The van der Waals surface area contributed by atoms with Gasteiger partial charge in [-0.2, -0.15) is 0 Å². The molecule has 1 N–H and O–H groups in total. The molecule has 0 radical (unpaired) electrons. The number of benzene rings is 2. The van der Waals surface area contributed by atoms with E-state index in [1.54, 1.807) is 0 Å². The van der Waals surface area contributed by atoms with Crippen molar-refractivity contribution in [1.29, 1.82) is 0 Å². The molecule has 0 saturated carbocycles. The summed E-state index contributed by atoms with van der Waals surface area (Å²) in [4.78, 5) is 12.8. The van der Waals surface area contributed by atoms with Gasteiger partial charge in [0.25, 0.3) is 0 Å². The molecule has 0 saturated heterocycles. The predicted octanol–water partition coefficient (Wildman–Crippen LogP) is 3.91. The number of anilines is 1. The normalized spacial score (nSPS) is 17.5. The van der Waals surface area contributed by atoms with Gasteiger partial charge in [-0.15, -0.1) is 0 Å². The molecule has 1 spiro atoms. The van der Waals surface area contributed by atoms with E-state index in [9.17, 15) is 4.79 Å². The molecule has 1 aliphatic heterocycles. The molecular weight excluding hydrogens is 270 g/mol. The van der Waals surface area contributed by atoms with Crippen molar-refractivity contribution in [2.24, 2.45) is 0 Å². The number of hydrogen-bond acceptors (Lipinski definition) is 1. The average Bonchev–Trinajstić information content (AvgIpc) is 2.93. The van der Waals surface area contributed by atoms with E-state index < -0.39 is 5.41 Å². The summed E-state index contributed by atoms with van der Waals surface area (Å²) in [6, 6.07) is 8.88. The topological polar surface area (TPSA) is 29.1 Å². The molecule has 1 amide bonds. The van der Waals surface area contributed by atoms with Crippen LogP contribution in [0.3, 0.4) is 0 Å². The molecule has 2 heteroatoms. The number of amides is 1. The van der Waals surface area contributed by atoms with E-state index in [-0.39, 0.29) is 5.91 Å². The van der Waals surface area contributed by atoms with E-state index >= 15 is 0 Å². The van der Waals surface area contributed by atoms with E-state index in [0.29, 0.717) is 0 Å². The van der Waals surface area contributed by atoms with E-state index in [0.717, 1.165) is 18.5 Å². The maximum absolute atomic E-state index is 12.8. The van der Waals surface area contributed by atoms with Gasteiger partial charge in [0.15, 0.2) is 0 Å². The molecule has 2 aliphatic rings. The minimum absolute atomic E-state index is 0.166. The maximum Gasteiger partial charge on any atom is 0.235 e. The van der Waals surface area contributed by atoms with Crippen molar-refractivity contribution in [3.63, 3.8) is 0 Å². The van der Waals surface area contributed by atoms with Crippen LogP contribution in [-0.4, -0.2) is 5.91 Å². The van der Waals surface area contributed by atoms with Gasteiger partial charge in [-0.1, -0.05) is 18.2 Å². The second kappa shape index (κ2) is 4.22. The summed E-state index contributed by atoms with van der Waals surface area (Å²) in [5, 5.41) is 3.12. The molecule has 0 atom stereocenters. The average molecular weight is 291 g/mol. The lowest BCUT2D eigenvalue weighted by molar-refractivity contribution is -0.120. The van der Waals surface area contributed by atoms with E-state index in [2.05, 4.69) is 57.3 Å². The van der Waals surface area contributed by atoms with Gasteiger partial charge >= 0.3 is 0 Å². The zero-order valence-corrected chi connectivity index (χ0v) is 13.6. The first-order chi connectivity index (χ1) is 10.4. The van der Waals surface area contributed by atoms with E-state index in [1.165, 1.54) is 38.9 Å². The van der Waals surface area contributed by atoms with E-state index in [1.807, 2.05) is 0 Å². The van der Waals surface area contributed by atoms with Gasteiger partial charge in [0.1, 0.15) is 0 Å². The van der Waals surface area contributed by atoms with Gasteiger partial charge < -0.3 is 5.32 Å². The van der Waals surface area contributed by atoms with Crippen molar-refractivity contribution >= 4 is 11.6 Å². The number of fused-ring (bicyclic) bond motifs is 3. The first kappa shape index (κ1) is 13.6. The molecule has 22 heavy (non-hydrogen) atoms. The Labute approximate surface area is 131 Å². The minimum atomic E-state index is -0.392. The van der Waals surface area contributed by atoms with Crippen LogP contribution in [0.5, 0.6) is 0 Å². The highest BCUT2D eigenvalue weighted by atomic mass is 16.2. The van der Waals surface area contributed by atoms with Crippen LogP contribution in [0.1, 0.15) is 38.9 Å². The van der Waals surface area contributed by atoms with Crippen molar-refractivity contribution in [2.45, 2.75) is 46.0 Å². The number of hydrogen-bond donors (Lipinski definition) is 1. The summed E-state index contributed by atoms with van der Waals surface area (Å²) in [6.07, 6.45) is 1.65. The highest BCUT2D eigenvalue weighted by Gasteiger charge is 2.50. The lowest BCUT2D eigenvalue weighted by atomic mass is 9.78. The number of nitrogens with one attached hydrogen (secondary N) is 1. The second-order valence-corrected chi connectivity index (χ2v) is 7.08. The first-order valence-corrected chi connectivity index (χ1v) is 7.93. The minimum Gasteiger partial charge on any atom is -0.325 e. The van der Waals surface area contributed by atoms with Gasteiger partial charge in [0.2, 0.25) is 5.91 Å². The molecule has 2 aromatic carbocycles. The van der Waals surface area contributed by atoms with Crippen molar-refractivity contribution in [2.75, 3.05) is 5.32 Å². The number of rotatable bonds is 0. The summed E-state index contributed by atoms with van der Waals surface area (Å²) in [6.45, 7) is 8.53. The van der Waals surface area contributed by atoms with Gasteiger partial charge in [0, 0.05) is 5.69 Å². The molecule has 0 unspecified atom stereocenters. The van der Waals surface area contributed by atoms with Gasteiger partial charge in [-0.05, 0) is 85.5 Å². The number of carbonyl (C=O) groups excluding carboxylic acids is 1. The Hall–Kier alpha value is -2.09. The first-order valence-electron chi connectivity index (χ1n) is 7.93. The summed E-state index contributed by atoms with van der Waals surface area (Å²) >= 11 is 0. The molecule has 0 aromatic heterocycles. The molecule has 4 rings (SSSR count). The van der Waals surface area contributed by atoms with Crippen LogP contribution in [0.2, 0.25) is 0 Å². The van der Waals surface area contributed by atoms with Crippen molar-refractivity contribution in [1.82, 2.24) is 0 Å². The summed E-state index contributed by atoms with van der Waals surface area (Å²) in [5.74, 6) is 0.166. The van der Waals surface area contributed by atoms with E-state index in [4.69, 9.17) is 0 Å². The zero-order valence-electron chi connectivity index (χ0n) is 13.6. The quantitative estimate of drug-likeness (QED) is 0.783. The highest BCUT2D eigenvalue weighted by molar-refractivity contribution is 6.07. The van der Waals surface area contributed by atoms with Gasteiger partial charge in [-0.3, -0.25) is 4.79 Å². The summed E-state index contributed by atoms with van der Waals surface area (Å²) in [5.41, 5.74) is 9.60. The molecule has 1 heterocycles. The third-order valence-corrected chi connectivity index (χ3v) is 5.63. The smallest absolute Gasteiger partial charge is 0.235 e. The lowest BCUT2D eigenvalue weighted by Crippen LogP contribution is -2.35. The largest absolute Gasteiger partial charge is 0.325 e. The Morgan fingerprint density at radius 2 is 1.32 bits per heavy atom. The SMILES string of the molecule is Cc1cc2c(cc1C)CC1(C2)C(=O)Nc2cc(C)c(C)cc21. The van der Waals surface area contributed by atoms with Crippen LogP contribution >= 0.6 is 0 Å². The fourth-order valence-electron chi connectivity index (χ4n) is 4.01. The third-order valence-electron chi connectivity index (χ3n) is 5.63. The molecule has 1 aliphatic carbocycles. The molecule has 0 fully saturated rings. The predicted molar refractivity (Wildman–Crippen MR) is 89.5 cm³/mol. The Morgan fingerprint density at radius 1 is 0.818 bits per heavy atom. The van der Waals surface area contributed by atoms with Crippen LogP contribution in [-0.2, 0) is 23.1 Å². The fraction of sp³-hybridized carbons (Fsp3) is 0.350. The van der Waals surface area contributed by atoms with Crippen LogP contribution < -0.4 is 5.32 Å². The monoisotopic (exact) mass is 291 g/mol. The Morgan fingerprint density at radius 3 is 1.91 bits per heavy atom. The molecule has 2 aromatic rings. The van der Waals surface area contributed by atoms with Crippen molar-refractivity contribution in [3.05, 3.63) is 63.2 Å². The zero-order chi connectivity index (χ0) is 15.6. The van der Waals surface area contributed by atoms with Crippen LogP contribution in [0, 0.1) is 27.7 Å². The fourth-order valence-corrected chi connectivity index (χ4v) is 4.01. The van der Waals surface area contributed by atoms with Gasteiger partial charge in [0.05, 0.1) is 5.41 Å². The molecule has 112 valence electrons. The molecular formula is C20H21NO. The second-order valence-electron chi connectivity index (χ2n) is 7.08.